The maximum absolute atomic E-state index is 12.7. The molecule has 14 nitrogen and oxygen atoms in total. The van der Waals surface area contributed by atoms with E-state index < -0.39 is 23.5 Å². The molecule has 1 aromatic carbocycles. The predicted octanol–water partition coefficient (Wildman–Crippen LogP) is 3.55. The fourth-order valence-corrected chi connectivity index (χ4v) is 7.79. The highest BCUT2D eigenvalue weighted by atomic mass is 79.9. The summed E-state index contributed by atoms with van der Waals surface area (Å²) >= 11 is 13.7. The van der Waals surface area contributed by atoms with Gasteiger partial charge in [-0.1, -0.05) is 10.3 Å². The minimum absolute atomic E-state index is 0.0593. The van der Waals surface area contributed by atoms with Gasteiger partial charge >= 0.3 is 0 Å². The number of oxime groups is 2. The number of methoxy groups -OCH3 is 1. The number of amides is 2. The number of ether oxygens (including phenoxy) is 2. The molecular formula is C27H29Br4N7O7. The molecule has 18 heteroatoms. The number of imidazole rings is 1. The monoisotopic (exact) mass is 879 g/mol. The van der Waals surface area contributed by atoms with E-state index in [1.165, 1.54) is 7.11 Å². The van der Waals surface area contributed by atoms with Crippen molar-refractivity contribution in [1.29, 1.82) is 0 Å². The Hall–Kier alpha value is -2.93. The third kappa shape index (κ3) is 8.46. The molecule has 2 heterocycles. The summed E-state index contributed by atoms with van der Waals surface area (Å²) in [6.07, 6.45) is 3.21. The second-order valence-corrected chi connectivity index (χ2v) is 13.3. The smallest absolute Gasteiger partial charge is 0.269 e. The number of rotatable bonds is 13. The normalized spacial score (nSPS) is 19.6. The maximum Gasteiger partial charge on any atom is 0.269 e. The van der Waals surface area contributed by atoms with Gasteiger partial charge in [0.25, 0.3) is 11.8 Å². The molecule has 242 valence electrons. The SMILES string of the molecule is COC1=C(Br)[C@H](O)[C@@]2(C=C1Br)CC(C(=O)NCCCOc1c(Br)cc(C/C(=N\O)C(=O)NCCc3cnc(N)[nH]3)cc1Br)=NO2. The lowest BCUT2D eigenvalue weighted by atomic mass is 9.87. The molecule has 7 N–H and O–H groups in total. The molecule has 1 aromatic heterocycles. The highest BCUT2D eigenvalue weighted by molar-refractivity contribution is 9.12. The predicted molar refractivity (Wildman–Crippen MR) is 179 cm³/mol. The van der Waals surface area contributed by atoms with Gasteiger partial charge in [-0.2, -0.15) is 0 Å². The summed E-state index contributed by atoms with van der Waals surface area (Å²) < 4.78 is 13.4. The number of nitrogens with one attached hydrogen (secondary N) is 3. The third-order valence-electron chi connectivity index (χ3n) is 6.74. The number of H-pyrrole nitrogens is 1. The van der Waals surface area contributed by atoms with Crippen molar-refractivity contribution in [1.82, 2.24) is 20.6 Å². The molecular weight excluding hydrogens is 854 g/mol. The first kappa shape index (κ1) is 34.9. The number of aliphatic hydroxyl groups excluding tert-OH is 1. The van der Waals surface area contributed by atoms with Gasteiger partial charge in [0.05, 0.1) is 37.8 Å². The standard InChI is InChI=1S/C27H29Br4N7O7/c1-43-22-17(30)10-27(23(39)20(22)31)11-19(38-45-27)25(41)33-4-2-6-44-21-15(28)7-13(8-16(21)29)9-18(37-42)24(40)34-5-3-14-12-35-26(32)36-14/h7-8,10,12,23,39,42H,2-6,9,11H2,1H3,(H,33,41)(H,34,40)(H3,32,35,36)/b37-18+/t23-,27+/m0/s1. The average Bonchev–Trinajstić information content (AvgIpc) is 3.62. The topological polar surface area (TPSA) is 206 Å². The minimum Gasteiger partial charge on any atom is -0.495 e. The number of aromatic nitrogens is 2. The van der Waals surface area contributed by atoms with E-state index >= 15 is 0 Å². The van der Waals surface area contributed by atoms with Crippen LogP contribution in [0.25, 0.3) is 0 Å². The van der Waals surface area contributed by atoms with E-state index in [2.05, 4.69) is 94.6 Å². The zero-order valence-electron chi connectivity index (χ0n) is 23.7. The second kappa shape index (κ2) is 15.6. The Balaban J connectivity index is 1.21. The van der Waals surface area contributed by atoms with Crippen LogP contribution in [0, 0.1) is 0 Å². The van der Waals surface area contributed by atoms with Crippen LogP contribution >= 0.6 is 63.7 Å². The zero-order valence-corrected chi connectivity index (χ0v) is 30.0. The number of carbonyl (C=O) groups excluding carboxylic acids is 2. The number of hydrogen-bond acceptors (Lipinski definition) is 11. The third-order valence-corrected chi connectivity index (χ3v) is 9.30. The Labute approximate surface area is 291 Å². The summed E-state index contributed by atoms with van der Waals surface area (Å²) in [7, 11) is 1.48. The summed E-state index contributed by atoms with van der Waals surface area (Å²) in [5.74, 6) is 0.339. The quantitative estimate of drug-likeness (QED) is 0.0753. The number of halogens is 4. The van der Waals surface area contributed by atoms with Crippen LogP contribution in [0.15, 0.2) is 58.4 Å². The average molecular weight is 883 g/mol. The van der Waals surface area contributed by atoms with Crippen LogP contribution < -0.4 is 21.1 Å². The van der Waals surface area contributed by atoms with Gasteiger partial charge in [-0.3, -0.25) is 9.59 Å². The first-order chi connectivity index (χ1) is 21.5. The number of nitrogens with two attached hydrogens (primary N) is 1. The molecule has 0 saturated heterocycles. The van der Waals surface area contributed by atoms with Crippen LogP contribution in [-0.4, -0.2) is 82.0 Å². The largest absolute Gasteiger partial charge is 0.495 e. The summed E-state index contributed by atoms with van der Waals surface area (Å²) in [4.78, 5) is 37.5. The van der Waals surface area contributed by atoms with E-state index in [0.717, 1.165) is 5.69 Å². The van der Waals surface area contributed by atoms with Gasteiger partial charge in [0.2, 0.25) is 0 Å². The van der Waals surface area contributed by atoms with Gasteiger partial charge in [0, 0.05) is 38.0 Å². The van der Waals surface area contributed by atoms with Crippen LogP contribution in [0.2, 0.25) is 0 Å². The minimum atomic E-state index is -1.23. The molecule has 0 saturated carbocycles. The summed E-state index contributed by atoms with van der Waals surface area (Å²) in [6, 6.07) is 3.52. The number of benzene rings is 1. The first-order valence-corrected chi connectivity index (χ1v) is 16.6. The van der Waals surface area contributed by atoms with E-state index in [0.29, 0.717) is 66.9 Å². The van der Waals surface area contributed by atoms with Crippen molar-refractivity contribution in [3.8, 4) is 5.75 Å². The first-order valence-electron chi connectivity index (χ1n) is 13.4. The van der Waals surface area contributed by atoms with Crippen LogP contribution in [0.1, 0.15) is 24.1 Å². The van der Waals surface area contributed by atoms with Gasteiger partial charge in [-0.15, -0.1) is 0 Å². The van der Waals surface area contributed by atoms with Crippen molar-refractivity contribution in [3.05, 3.63) is 59.3 Å². The van der Waals surface area contributed by atoms with Crippen molar-refractivity contribution in [2.24, 2.45) is 10.3 Å². The van der Waals surface area contributed by atoms with Crippen LogP contribution in [0.3, 0.4) is 0 Å². The van der Waals surface area contributed by atoms with Gasteiger partial charge < -0.3 is 46.0 Å². The van der Waals surface area contributed by atoms with E-state index in [1.54, 1.807) is 24.4 Å². The van der Waals surface area contributed by atoms with Crippen molar-refractivity contribution < 1.29 is 34.2 Å². The number of nitrogens with zero attached hydrogens (tertiary/aromatic N) is 3. The molecule has 0 radical (unpaired) electrons. The van der Waals surface area contributed by atoms with Gasteiger partial charge in [-0.05, 0) is 93.9 Å². The lowest BCUT2D eigenvalue weighted by Gasteiger charge is -2.33. The van der Waals surface area contributed by atoms with Gasteiger partial charge in [0.1, 0.15) is 29.0 Å². The van der Waals surface area contributed by atoms with E-state index in [4.69, 9.17) is 20.0 Å². The fourth-order valence-electron chi connectivity index (χ4n) is 4.49. The Kier molecular flexibility index (Phi) is 12.1. The molecule has 4 rings (SSSR count). The summed E-state index contributed by atoms with van der Waals surface area (Å²) in [6.45, 7) is 0.882. The number of aromatic amines is 1. The molecule has 0 fully saturated rings. The van der Waals surface area contributed by atoms with Crippen LogP contribution in [-0.2, 0) is 32.0 Å². The number of carbonyl (C=O) groups is 2. The maximum atomic E-state index is 12.7. The number of hydrogen-bond donors (Lipinski definition) is 6. The Morgan fingerprint density at radius 2 is 1.96 bits per heavy atom. The highest BCUT2D eigenvalue weighted by Gasteiger charge is 2.50. The molecule has 45 heavy (non-hydrogen) atoms. The van der Waals surface area contributed by atoms with Crippen molar-refractivity contribution >= 4 is 92.9 Å². The van der Waals surface area contributed by atoms with Crippen molar-refractivity contribution in [3.63, 3.8) is 0 Å². The summed E-state index contributed by atoms with van der Waals surface area (Å²) in [5.41, 5.74) is 5.87. The van der Waals surface area contributed by atoms with Crippen LogP contribution in [0.4, 0.5) is 5.95 Å². The molecule has 2 atom stereocenters. The fraction of sp³-hybridized carbons (Fsp3) is 0.370. The number of anilines is 1. The van der Waals surface area contributed by atoms with E-state index in [-0.39, 0.29) is 30.9 Å². The number of aliphatic hydroxyl groups is 1. The molecule has 1 aliphatic carbocycles. The van der Waals surface area contributed by atoms with Gasteiger partial charge in [0.15, 0.2) is 11.5 Å². The molecule has 1 aliphatic heterocycles. The van der Waals surface area contributed by atoms with Crippen molar-refractivity contribution in [2.45, 2.75) is 37.4 Å². The lowest BCUT2D eigenvalue weighted by Crippen LogP contribution is -2.45. The van der Waals surface area contributed by atoms with Gasteiger partial charge in [-0.25, -0.2) is 4.98 Å². The molecule has 2 aliphatic rings. The molecule has 0 bridgehead atoms. The molecule has 0 unspecified atom stereocenters. The Morgan fingerprint density at radius 3 is 2.60 bits per heavy atom. The molecule has 2 amide bonds. The highest BCUT2D eigenvalue weighted by Crippen LogP contribution is 2.44. The van der Waals surface area contributed by atoms with E-state index in [1.807, 2.05) is 0 Å². The number of nitrogen functional groups attached to an aromatic ring is 1. The summed E-state index contributed by atoms with van der Waals surface area (Å²) in [5, 5.41) is 32.8. The molecule has 1 spiro atoms. The number of allylic oxidation sites excluding steroid dienone is 1. The van der Waals surface area contributed by atoms with E-state index in [9.17, 15) is 19.9 Å². The zero-order chi connectivity index (χ0) is 32.7. The Morgan fingerprint density at radius 1 is 1.22 bits per heavy atom. The lowest BCUT2D eigenvalue weighted by molar-refractivity contribution is -0.115. The van der Waals surface area contributed by atoms with Crippen molar-refractivity contribution in [2.75, 3.05) is 32.5 Å². The second-order valence-electron chi connectivity index (χ2n) is 9.91. The van der Waals surface area contributed by atoms with Crippen LogP contribution in [0.5, 0.6) is 5.75 Å². The Bertz CT molecular complexity index is 1550. The molecule has 2 aromatic rings.